The number of thioether (sulfide) groups is 1. The Bertz CT molecular complexity index is 570. The maximum absolute atomic E-state index is 5.48. The second-order valence-corrected chi connectivity index (χ2v) is 6.09. The average Bonchev–Trinajstić information content (AvgIpc) is 2.96. The van der Waals surface area contributed by atoms with Crippen LogP contribution in [0.5, 0.6) is 0 Å². The van der Waals surface area contributed by atoms with Gasteiger partial charge in [0.1, 0.15) is 0 Å². The molecule has 1 aliphatic rings. The molecule has 2 aromatic rings. The molecule has 0 spiro atoms. The molecule has 0 radical (unpaired) electrons. The van der Waals surface area contributed by atoms with Crippen molar-refractivity contribution in [3.63, 3.8) is 0 Å². The number of benzene rings is 1. The zero-order valence-electron chi connectivity index (χ0n) is 11.6. The molecule has 0 saturated carbocycles. The van der Waals surface area contributed by atoms with Gasteiger partial charge in [0.05, 0.1) is 11.7 Å². The number of nitrogens with zero attached hydrogens (tertiary/aromatic N) is 2. The summed E-state index contributed by atoms with van der Waals surface area (Å²) in [5.74, 6) is 3.69. The minimum absolute atomic E-state index is 0.178. The van der Waals surface area contributed by atoms with Gasteiger partial charge in [-0.05, 0) is 23.3 Å². The smallest absolute Gasteiger partial charge is 0.235 e. The van der Waals surface area contributed by atoms with Gasteiger partial charge in [0.2, 0.25) is 5.89 Å². The summed E-state index contributed by atoms with van der Waals surface area (Å²) in [6.07, 6.45) is 1.18. The van der Waals surface area contributed by atoms with Crippen molar-refractivity contribution in [1.29, 1.82) is 0 Å². The highest BCUT2D eigenvalue weighted by molar-refractivity contribution is 7.98. The molecule has 1 aliphatic heterocycles. The zero-order valence-corrected chi connectivity index (χ0v) is 12.4. The Kier molecular flexibility index (Phi) is 4.38. The number of nitrogens with one attached hydrogen (secondary N) is 1. The average molecular weight is 289 g/mol. The summed E-state index contributed by atoms with van der Waals surface area (Å²) in [5.41, 5.74) is 2.63. The van der Waals surface area contributed by atoms with Crippen molar-refractivity contribution in [2.45, 2.75) is 31.6 Å². The normalized spacial score (nSPS) is 17.9. The Hall–Kier alpha value is -1.33. The first kappa shape index (κ1) is 13.6. The van der Waals surface area contributed by atoms with Crippen molar-refractivity contribution in [3.8, 4) is 0 Å². The maximum atomic E-state index is 5.48. The quantitative estimate of drug-likeness (QED) is 0.858. The van der Waals surface area contributed by atoms with E-state index in [2.05, 4.69) is 46.6 Å². The Morgan fingerprint density at radius 2 is 2.30 bits per heavy atom. The molecule has 20 heavy (non-hydrogen) atoms. The van der Waals surface area contributed by atoms with E-state index in [0.29, 0.717) is 0 Å². The van der Waals surface area contributed by atoms with Crippen LogP contribution in [-0.2, 0) is 12.3 Å². The van der Waals surface area contributed by atoms with Gasteiger partial charge in [-0.15, -0.1) is 0 Å². The number of hydrogen-bond donors (Lipinski definition) is 1. The summed E-state index contributed by atoms with van der Waals surface area (Å²) < 4.78 is 5.48. The van der Waals surface area contributed by atoms with E-state index in [0.717, 1.165) is 36.3 Å². The minimum Gasteiger partial charge on any atom is -0.339 e. The Morgan fingerprint density at radius 1 is 1.40 bits per heavy atom. The molecule has 0 amide bonds. The van der Waals surface area contributed by atoms with Crippen LogP contribution in [-0.4, -0.2) is 22.4 Å². The van der Waals surface area contributed by atoms with Crippen molar-refractivity contribution < 1.29 is 4.52 Å². The van der Waals surface area contributed by atoms with E-state index in [4.69, 9.17) is 4.52 Å². The van der Waals surface area contributed by atoms with Crippen LogP contribution in [0.4, 0.5) is 0 Å². The summed E-state index contributed by atoms with van der Waals surface area (Å²) >= 11 is 1.85. The lowest BCUT2D eigenvalue weighted by atomic mass is 9.91. The fourth-order valence-electron chi connectivity index (χ4n) is 2.49. The summed E-state index contributed by atoms with van der Waals surface area (Å²) in [5, 5.41) is 7.52. The first-order valence-corrected chi connectivity index (χ1v) is 8.22. The highest BCUT2D eigenvalue weighted by Crippen LogP contribution is 2.29. The molecular formula is C15H19N3OS. The van der Waals surface area contributed by atoms with Crippen LogP contribution in [0.2, 0.25) is 0 Å². The van der Waals surface area contributed by atoms with Gasteiger partial charge in [-0.25, -0.2) is 0 Å². The first-order chi connectivity index (χ1) is 9.88. The second kappa shape index (κ2) is 6.41. The number of aromatic nitrogens is 2. The molecule has 0 aliphatic carbocycles. The fraction of sp³-hybridized carbons (Fsp3) is 0.467. The lowest BCUT2D eigenvalue weighted by molar-refractivity contribution is 0.353. The number of fused-ring (bicyclic) bond motifs is 1. The van der Waals surface area contributed by atoms with E-state index in [1.807, 2.05) is 11.8 Å². The van der Waals surface area contributed by atoms with Crippen LogP contribution in [0.3, 0.4) is 0 Å². The first-order valence-electron chi connectivity index (χ1n) is 7.07. The van der Waals surface area contributed by atoms with Crippen molar-refractivity contribution in [1.82, 2.24) is 15.5 Å². The molecule has 3 rings (SSSR count). The summed E-state index contributed by atoms with van der Waals surface area (Å²) in [6, 6.07) is 8.47. The van der Waals surface area contributed by atoms with Gasteiger partial charge in [-0.2, -0.15) is 16.7 Å². The monoisotopic (exact) mass is 289 g/mol. The lowest BCUT2D eigenvalue weighted by Gasteiger charge is -2.23. The lowest BCUT2D eigenvalue weighted by Crippen LogP contribution is -2.28. The van der Waals surface area contributed by atoms with Crippen LogP contribution in [0, 0.1) is 0 Å². The molecule has 0 saturated heterocycles. The topological polar surface area (TPSA) is 51.0 Å². The predicted molar refractivity (Wildman–Crippen MR) is 80.7 cm³/mol. The van der Waals surface area contributed by atoms with Crippen LogP contribution < -0.4 is 5.32 Å². The van der Waals surface area contributed by atoms with E-state index in [-0.39, 0.29) is 5.92 Å². The fourth-order valence-corrected chi connectivity index (χ4v) is 3.22. The van der Waals surface area contributed by atoms with E-state index >= 15 is 0 Å². The second-order valence-electron chi connectivity index (χ2n) is 4.98. The Balaban J connectivity index is 1.77. The van der Waals surface area contributed by atoms with Gasteiger partial charge < -0.3 is 9.84 Å². The number of hydrogen-bond acceptors (Lipinski definition) is 5. The highest BCUT2D eigenvalue weighted by Gasteiger charge is 2.26. The van der Waals surface area contributed by atoms with Crippen molar-refractivity contribution in [2.24, 2.45) is 0 Å². The Morgan fingerprint density at radius 3 is 3.20 bits per heavy atom. The van der Waals surface area contributed by atoms with Gasteiger partial charge in [-0.3, -0.25) is 0 Å². The van der Waals surface area contributed by atoms with E-state index in [1.165, 1.54) is 17.5 Å². The molecule has 1 aromatic carbocycles. The standard InChI is InChI=1S/C15H19N3OS/c1-2-7-20-10-14-17-15(19-18-14)13-9-16-8-11-5-3-4-6-12(11)13/h3-6,13,16H,2,7-10H2,1H3. The van der Waals surface area contributed by atoms with Gasteiger partial charge in [0.15, 0.2) is 5.82 Å². The zero-order chi connectivity index (χ0) is 13.8. The molecule has 2 heterocycles. The molecule has 0 bridgehead atoms. The molecule has 5 heteroatoms. The SMILES string of the molecule is CCCSCc1noc(C2CNCc3ccccc32)n1. The molecule has 1 unspecified atom stereocenters. The van der Waals surface area contributed by atoms with Crippen LogP contribution in [0.25, 0.3) is 0 Å². The molecule has 1 atom stereocenters. The van der Waals surface area contributed by atoms with Gasteiger partial charge in [-0.1, -0.05) is 36.3 Å². The van der Waals surface area contributed by atoms with E-state index in [9.17, 15) is 0 Å². The minimum atomic E-state index is 0.178. The van der Waals surface area contributed by atoms with Crippen LogP contribution >= 0.6 is 11.8 Å². The maximum Gasteiger partial charge on any atom is 0.235 e. The molecule has 106 valence electrons. The van der Waals surface area contributed by atoms with Crippen molar-refractivity contribution >= 4 is 11.8 Å². The summed E-state index contributed by atoms with van der Waals surface area (Å²) in [4.78, 5) is 4.57. The summed E-state index contributed by atoms with van der Waals surface area (Å²) in [7, 11) is 0. The van der Waals surface area contributed by atoms with E-state index in [1.54, 1.807) is 0 Å². The Labute approximate surface area is 123 Å². The third-order valence-corrected chi connectivity index (χ3v) is 4.62. The van der Waals surface area contributed by atoms with Crippen LogP contribution in [0.15, 0.2) is 28.8 Å². The van der Waals surface area contributed by atoms with Crippen molar-refractivity contribution in [3.05, 3.63) is 47.1 Å². The molecule has 4 nitrogen and oxygen atoms in total. The van der Waals surface area contributed by atoms with Gasteiger partial charge in [0, 0.05) is 13.1 Å². The molecule has 1 aromatic heterocycles. The van der Waals surface area contributed by atoms with Crippen molar-refractivity contribution in [2.75, 3.05) is 12.3 Å². The van der Waals surface area contributed by atoms with Crippen LogP contribution in [0.1, 0.15) is 42.1 Å². The predicted octanol–water partition coefficient (Wildman–Crippen LogP) is 2.95. The summed E-state index contributed by atoms with van der Waals surface area (Å²) in [6.45, 7) is 3.96. The third kappa shape index (κ3) is 2.88. The van der Waals surface area contributed by atoms with E-state index < -0.39 is 0 Å². The molecule has 0 fully saturated rings. The molecule has 1 N–H and O–H groups in total. The number of rotatable bonds is 5. The largest absolute Gasteiger partial charge is 0.339 e. The third-order valence-electron chi connectivity index (χ3n) is 3.46. The van der Waals surface area contributed by atoms with Gasteiger partial charge >= 0.3 is 0 Å². The highest BCUT2D eigenvalue weighted by atomic mass is 32.2. The van der Waals surface area contributed by atoms with Gasteiger partial charge in [0.25, 0.3) is 0 Å². The molecular weight excluding hydrogens is 270 g/mol.